The molecule has 0 aliphatic carbocycles. The number of benzene rings is 1. The Balaban J connectivity index is 1.92. The molecule has 0 saturated carbocycles. The number of likely N-dealkylation sites (N-methyl/N-ethyl adjacent to an activating group) is 1. The summed E-state index contributed by atoms with van der Waals surface area (Å²) in [5, 5.41) is 3.28. The first-order valence-corrected chi connectivity index (χ1v) is 8.54. The first-order chi connectivity index (χ1) is 12.3. The van der Waals surface area contributed by atoms with E-state index in [-0.39, 0.29) is 18.4 Å². The normalized spacial score (nSPS) is 11.6. The lowest BCUT2D eigenvalue weighted by molar-refractivity contribution is -0.139. The summed E-state index contributed by atoms with van der Waals surface area (Å²) in [6.45, 7) is 5.31. The molecule has 0 fully saturated rings. The number of aryl methyl sites for hydroxylation is 2. The number of hydrogen-bond donors (Lipinski definition) is 1. The Labute approximate surface area is 158 Å². The van der Waals surface area contributed by atoms with E-state index in [9.17, 15) is 9.59 Å². The number of nitrogens with one attached hydrogen (secondary N) is 1. The standard InChI is InChI=1S/C19H22ClN3O3/c1-12-7-8-21-17(9-12)22-18(24)11-23(4)19(25)14(3)26-16-6-5-15(20)10-13(16)2/h5-10,14H,11H2,1-4H3,(H,21,22,24). The summed E-state index contributed by atoms with van der Waals surface area (Å²) in [4.78, 5) is 29.9. The Morgan fingerprint density at radius 3 is 2.65 bits per heavy atom. The molecule has 1 unspecified atom stereocenters. The molecule has 0 bridgehead atoms. The largest absolute Gasteiger partial charge is 0.481 e. The van der Waals surface area contributed by atoms with Crippen LogP contribution < -0.4 is 10.1 Å². The summed E-state index contributed by atoms with van der Waals surface area (Å²) >= 11 is 5.92. The van der Waals surface area contributed by atoms with Gasteiger partial charge in [-0.1, -0.05) is 11.6 Å². The van der Waals surface area contributed by atoms with Crippen LogP contribution in [0.15, 0.2) is 36.5 Å². The summed E-state index contributed by atoms with van der Waals surface area (Å²) in [5.41, 5.74) is 1.82. The molecule has 0 aliphatic rings. The van der Waals surface area contributed by atoms with E-state index >= 15 is 0 Å². The Kier molecular flexibility index (Phi) is 6.58. The zero-order valence-electron chi connectivity index (χ0n) is 15.2. The number of rotatable bonds is 6. The van der Waals surface area contributed by atoms with Gasteiger partial charge in [-0.25, -0.2) is 4.98 Å². The number of halogens is 1. The van der Waals surface area contributed by atoms with Gasteiger partial charge in [0.05, 0.1) is 6.54 Å². The molecule has 0 saturated heterocycles. The van der Waals surface area contributed by atoms with Crippen molar-refractivity contribution in [3.8, 4) is 5.75 Å². The molecule has 138 valence electrons. The second-order valence-electron chi connectivity index (χ2n) is 6.13. The van der Waals surface area contributed by atoms with Crippen LogP contribution in [0, 0.1) is 13.8 Å². The summed E-state index contributed by atoms with van der Waals surface area (Å²) in [6, 6.07) is 8.78. The van der Waals surface area contributed by atoms with Crippen LogP contribution in [0.4, 0.5) is 5.82 Å². The quantitative estimate of drug-likeness (QED) is 0.841. The van der Waals surface area contributed by atoms with Crippen LogP contribution in [0.3, 0.4) is 0 Å². The van der Waals surface area contributed by atoms with Crippen molar-refractivity contribution in [2.24, 2.45) is 0 Å². The average molecular weight is 376 g/mol. The van der Waals surface area contributed by atoms with Crippen molar-refractivity contribution in [2.45, 2.75) is 26.9 Å². The van der Waals surface area contributed by atoms with Gasteiger partial charge in [0.2, 0.25) is 5.91 Å². The Hall–Kier alpha value is -2.60. The van der Waals surface area contributed by atoms with Crippen LogP contribution in [0.25, 0.3) is 0 Å². The van der Waals surface area contributed by atoms with Crippen LogP contribution in [-0.2, 0) is 9.59 Å². The first kappa shape index (κ1) is 19.7. The van der Waals surface area contributed by atoms with Crippen molar-refractivity contribution in [3.63, 3.8) is 0 Å². The molecule has 1 N–H and O–H groups in total. The van der Waals surface area contributed by atoms with Crippen LogP contribution in [0.2, 0.25) is 5.02 Å². The van der Waals surface area contributed by atoms with E-state index in [0.717, 1.165) is 11.1 Å². The zero-order chi connectivity index (χ0) is 19.3. The molecule has 0 radical (unpaired) electrons. The highest BCUT2D eigenvalue weighted by Crippen LogP contribution is 2.23. The van der Waals surface area contributed by atoms with Gasteiger partial charge in [0.25, 0.3) is 5.91 Å². The molecule has 7 heteroatoms. The van der Waals surface area contributed by atoms with E-state index in [1.54, 1.807) is 44.4 Å². The summed E-state index contributed by atoms with van der Waals surface area (Å²) in [6.07, 6.45) is 0.884. The number of carbonyl (C=O) groups excluding carboxylic acids is 2. The Bertz CT molecular complexity index is 810. The van der Waals surface area contributed by atoms with Crippen LogP contribution in [-0.4, -0.2) is 41.4 Å². The minimum Gasteiger partial charge on any atom is -0.481 e. The van der Waals surface area contributed by atoms with Crippen LogP contribution in [0.5, 0.6) is 5.75 Å². The fourth-order valence-electron chi connectivity index (χ4n) is 2.38. The minimum atomic E-state index is -0.732. The maximum absolute atomic E-state index is 12.4. The fourth-order valence-corrected chi connectivity index (χ4v) is 2.60. The molecular weight excluding hydrogens is 354 g/mol. The van der Waals surface area contributed by atoms with Crippen molar-refractivity contribution >= 4 is 29.2 Å². The zero-order valence-corrected chi connectivity index (χ0v) is 16.0. The fraction of sp³-hybridized carbons (Fsp3) is 0.316. The third kappa shape index (κ3) is 5.46. The molecule has 2 aromatic rings. The second-order valence-corrected chi connectivity index (χ2v) is 6.57. The predicted molar refractivity (Wildman–Crippen MR) is 102 cm³/mol. The van der Waals surface area contributed by atoms with E-state index < -0.39 is 6.10 Å². The number of hydrogen-bond acceptors (Lipinski definition) is 4. The molecule has 0 spiro atoms. The monoisotopic (exact) mass is 375 g/mol. The number of nitrogens with zero attached hydrogens (tertiary/aromatic N) is 2. The van der Waals surface area contributed by atoms with Gasteiger partial charge in [0.1, 0.15) is 11.6 Å². The molecule has 2 amide bonds. The van der Waals surface area contributed by atoms with Gasteiger partial charge in [-0.15, -0.1) is 0 Å². The highest BCUT2D eigenvalue weighted by molar-refractivity contribution is 6.30. The molecule has 1 heterocycles. The van der Waals surface area contributed by atoms with Gasteiger partial charge in [0, 0.05) is 18.3 Å². The summed E-state index contributed by atoms with van der Waals surface area (Å²) in [5.74, 6) is 0.412. The lowest BCUT2D eigenvalue weighted by Crippen LogP contribution is -2.42. The second kappa shape index (κ2) is 8.67. The summed E-state index contributed by atoms with van der Waals surface area (Å²) < 4.78 is 5.70. The van der Waals surface area contributed by atoms with Gasteiger partial charge in [0.15, 0.2) is 6.10 Å². The average Bonchev–Trinajstić information content (AvgIpc) is 2.56. The number of carbonyl (C=O) groups is 2. The molecule has 1 aromatic heterocycles. The number of amides is 2. The van der Waals surface area contributed by atoms with Crippen molar-refractivity contribution in [1.82, 2.24) is 9.88 Å². The topological polar surface area (TPSA) is 71.5 Å². The molecule has 1 aromatic carbocycles. The number of aromatic nitrogens is 1. The lowest BCUT2D eigenvalue weighted by Gasteiger charge is -2.22. The van der Waals surface area contributed by atoms with E-state index in [1.807, 2.05) is 19.9 Å². The Morgan fingerprint density at radius 1 is 1.27 bits per heavy atom. The number of anilines is 1. The van der Waals surface area contributed by atoms with Gasteiger partial charge < -0.3 is 15.0 Å². The maximum atomic E-state index is 12.4. The molecule has 0 aliphatic heterocycles. The highest BCUT2D eigenvalue weighted by atomic mass is 35.5. The molecular formula is C19H22ClN3O3. The van der Waals surface area contributed by atoms with Crippen molar-refractivity contribution in [3.05, 3.63) is 52.7 Å². The van der Waals surface area contributed by atoms with Crippen LogP contribution in [0.1, 0.15) is 18.1 Å². The molecule has 6 nitrogen and oxygen atoms in total. The van der Waals surface area contributed by atoms with E-state index in [0.29, 0.717) is 16.6 Å². The third-order valence-electron chi connectivity index (χ3n) is 3.73. The molecule has 26 heavy (non-hydrogen) atoms. The third-order valence-corrected chi connectivity index (χ3v) is 3.96. The van der Waals surface area contributed by atoms with Gasteiger partial charge in [-0.2, -0.15) is 0 Å². The van der Waals surface area contributed by atoms with Gasteiger partial charge in [-0.3, -0.25) is 9.59 Å². The van der Waals surface area contributed by atoms with Crippen molar-refractivity contribution < 1.29 is 14.3 Å². The van der Waals surface area contributed by atoms with E-state index in [4.69, 9.17) is 16.3 Å². The minimum absolute atomic E-state index is 0.0955. The van der Waals surface area contributed by atoms with Crippen molar-refractivity contribution in [2.75, 3.05) is 18.9 Å². The van der Waals surface area contributed by atoms with Crippen molar-refractivity contribution in [1.29, 1.82) is 0 Å². The SMILES string of the molecule is Cc1ccnc(NC(=O)CN(C)C(=O)C(C)Oc2ccc(Cl)cc2C)c1. The molecule has 2 rings (SSSR count). The number of pyridine rings is 1. The molecule has 1 atom stereocenters. The summed E-state index contributed by atoms with van der Waals surface area (Å²) in [7, 11) is 1.56. The Morgan fingerprint density at radius 2 is 2.00 bits per heavy atom. The maximum Gasteiger partial charge on any atom is 0.263 e. The smallest absolute Gasteiger partial charge is 0.263 e. The van der Waals surface area contributed by atoms with Crippen LogP contribution >= 0.6 is 11.6 Å². The number of ether oxygens (including phenoxy) is 1. The van der Waals surface area contributed by atoms with Gasteiger partial charge >= 0.3 is 0 Å². The van der Waals surface area contributed by atoms with E-state index in [2.05, 4.69) is 10.3 Å². The first-order valence-electron chi connectivity index (χ1n) is 8.16. The predicted octanol–water partition coefficient (Wildman–Crippen LogP) is 3.22. The van der Waals surface area contributed by atoms with Gasteiger partial charge in [-0.05, 0) is 62.2 Å². The highest BCUT2D eigenvalue weighted by Gasteiger charge is 2.22. The van der Waals surface area contributed by atoms with E-state index in [1.165, 1.54) is 4.90 Å². The lowest BCUT2D eigenvalue weighted by atomic mass is 10.2.